The molecule has 0 saturated carbocycles. The van der Waals surface area contributed by atoms with Gasteiger partial charge in [0.2, 0.25) is 5.91 Å². The number of thiophene rings is 1. The highest BCUT2D eigenvalue weighted by molar-refractivity contribution is 7.91. The van der Waals surface area contributed by atoms with Crippen molar-refractivity contribution >= 4 is 33.2 Å². The normalized spacial score (nSPS) is 19.8. The maximum atomic E-state index is 12.5. The van der Waals surface area contributed by atoms with Crippen LogP contribution in [-0.2, 0) is 19.6 Å². The summed E-state index contributed by atoms with van der Waals surface area (Å²) in [4.78, 5) is 23.3. The maximum absolute atomic E-state index is 12.5. The zero-order valence-electron chi connectivity index (χ0n) is 12.1. The van der Waals surface area contributed by atoms with E-state index in [0.29, 0.717) is 19.4 Å². The van der Waals surface area contributed by atoms with Crippen molar-refractivity contribution in [3.05, 3.63) is 17.0 Å². The zero-order chi connectivity index (χ0) is 16.3. The first-order chi connectivity index (χ1) is 10.3. The summed E-state index contributed by atoms with van der Waals surface area (Å²) < 4.78 is 26.7. The molecule has 2 rings (SSSR count). The third-order valence-corrected chi connectivity index (χ3v) is 6.81. The Morgan fingerprint density at radius 1 is 1.45 bits per heavy atom. The highest BCUT2D eigenvalue weighted by atomic mass is 32.2. The van der Waals surface area contributed by atoms with Gasteiger partial charge in [0, 0.05) is 18.0 Å². The van der Waals surface area contributed by atoms with Crippen molar-refractivity contribution in [2.24, 2.45) is 5.92 Å². The van der Waals surface area contributed by atoms with Crippen LogP contribution in [0.5, 0.6) is 0 Å². The number of aliphatic carboxylic acids is 1. The minimum absolute atomic E-state index is 0.0880. The number of hydrogen-bond acceptors (Lipinski definition) is 5. The van der Waals surface area contributed by atoms with Crippen LogP contribution in [0.1, 0.15) is 17.7 Å². The summed E-state index contributed by atoms with van der Waals surface area (Å²) in [6, 6.07) is 3.32. The standard InChI is InChI=1S/C13H18N2O5S2/c1-9-4-5-12(21-9)22(19,20)15-6-2-3-10(8-15)13(18)14-7-11(16)17/h4-5,10H,2-3,6-8H2,1H3,(H,14,18)(H,16,17). The number of rotatable bonds is 5. The number of nitrogens with one attached hydrogen (secondary N) is 1. The van der Waals surface area contributed by atoms with Crippen LogP contribution in [0.2, 0.25) is 0 Å². The molecule has 1 amide bonds. The molecule has 1 saturated heterocycles. The number of sulfonamides is 1. The molecule has 1 aliphatic rings. The molecule has 2 heterocycles. The van der Waals surface area contributed by atoms with Crippen LogP contribution in [0, 0.1) is 12.8 Å². The fourth-order valence-electron chi connectivity index (χ4n) is 2.36. The smallest absolute Gasteiger partial charge is 0.322 e. The second-order valence-corrected chi connectivity index (χ2v) is 8.63. The van der Waals surface area contributed by atoms with Crippen molar-refractivity contribution < 1.29 is 23.1 Å². The molecule has 1 aliphatic heterocycles. The lowest BCUT2D eigenvalue weighted by molar-refractivity contribution is -0.138. The number of carboxylic acids is 1. The summed E-state index contributed by atoms with van der Waals surface area (Å²) in [6.45, 7) is 1.85. The lowest BCUT2D eigenvalue weighted by atomic mass is 9.99. The lowest BCUT2D eigenvalue weighted by Crippen LogP contribution is -2.46. The van der Waals surface area contributed by atoms with Gasteiger partial charge in [0.1, 0.15) is 10.8 Å². The Balaban J connectivity index is 2.07. The molecule has 1 aromatic heterocycles. The number of carbonyl (C=O) groups excluding carboxylic acids is 1. The SMILES string of the molecule is Cc1ccc(S(=O)(=O)N2CCCC(C(=O)NCC(=O)O)C2)s1. The number of carbonyl (C=O) groups is 2. The molecule has 0 bridgehead atoms. The highest BCUT2D eigenvalue weighted by Crippen LogP contribution is 2.28. The summed E-state index contributed by atoms with van der Waals surface area (Å²) in [6.07, 6.45) is 1.13. The summed E-state index contributed by atoms with van der Waals surface area (Å²) in [5.74, 6) is -2.05. The van der Waals surface area contributed by atoms with Crippen LogP contribution < -0.4 is 5.32 Å². The van der Waals surface area contributed by atoms with E-state index in [2.05, 4.69) is 5.32 Å². The molecular formula is C13H18N2O5S2. The largest absolute Gasteiger partial charge is 0.480 e. The van der Waals surface area contributed by atoms with E-state index >= 15 is 0 Å². The Bertz CT molecular complexity index is 668. The zero-order valence-corrected chi connectivity index (χ0v) is 13.7. The van der Waals surface area contributed by atoms with Crippen LogP contribution in [0.25, 0.3) is 0 Å². The van der Waals surface area contributed by atoms with Crippen molar-refractivity contribution in [3.8, 4) is 0 Å². The van der Waals surface area contributed by atoms with Gasteiger partial charge in [0.25, 0.3) is 10.0 Å². The van der Waals surface area contributed by atoms with Crippen LogP contribution in [0.3, 0.4) is 0 Å². The Hall–Kier alpha value is -1.45. The molecule has 0 aliphatic carbocycles. The second-order valence-electron chi connectivity index (χ2n) is 5.18. The average molecular weight is 346 g/mol. The molecule has 122 valence electrons. The van der Waals surface area contributed by atoms with Gasteiger partial charge >= 0.3 is 5.97 Å². The van der Waals surface area contributed by atoms with Crippen LogP contribution in [-0.4, -0.2) is 49.3 Å². The van der Waals surface area contributed by atoms with Crippen molar-refractivity contribution in [3.63, 3.8) is 0 Å². The molecule has 0 aromatic carbocycles. The molecule has 1 fully saturated rings. The van der Waals surface area contributed by atoms with E-state index in [4.69, 9.17) is 5.11 Å². The van der Waals surface area contributed by atoms with E-state index in [0.717, 1.165) is 4.88 Å². The summed E-state index contributed by atoms with van der Waals surface area (Å²) in [7, 11) is -3.58. The molecule has 0 radical (unpaired) electrons. The van der Waals surface area contributed by atoms with E-state index in [-0.39, 0.29) is 10.8 Å². The third kappa shape index (κ3) is 3.84. The number of aryl methyl sites for hydroxylation is 1. The first-order valence-corrected chi connectivity index (χ1v) is 9.12. The van der Waals surface area contributed by atoms with Crippen molar-refractivity contribution in [1.29, 1.82) is 0 Å². The van der Waals surface area contributed by atoms with Gasteiger partial charge in [-0.1, -0.05) is 0 Å². The fraction of sp³-hybridized carbons (Fsp3) is 0.538. The first kappa shape index (κ1) is 16.9. The van der Waals surface area contributed by atoms with E-state index in [1.165, 1.54) is 15.6 Å². The summed E-state index contributed by atoms with van der Waals surface area (Å²) >= 11 is 1.20. The molecule has 9 heteroatoms. The minimum Gasteiger partial charge on any atom is -0.480 e. The predicted molar refractivity (Wildman–Crippen MR) is 81.2 cm³/mol. The van der Waals surface area contributed by atoms with Gasteiger partial charge < -0.3 is 10.4 Å². The number of nitrogens with zero attached hydrogens (tertiary/aromatic N) is 1. The Kier molecular flexibility index (Phi) is 5.20. The van der Waals surface area contributed by atoms with E-state index < -0.39 is 34.4 Å². The van der Waals surface area contributed by atoms with E-state index in [1.807, 2.05) is 6.92 Å². The molecule has 0 spiro atoms. The van der Waals surface area contributed by atoms with Crippen LogP contribution in [0.4, 0.5) is 0 Å². The van der Waals surface area contributed by atoms with Crippen LogP contribution >= 0.6 is 11.3 Å². The van der Waals surface area contributed by atoms with E-state index in [9.17, 15) is 18.0 Å². The lowest BCUT2D eigenvalue weighted by Gasteiger charge is -2.30. The Morgan fingerprint density at radius 3 is 2.77 bits per heavy atom. The second kappa shape index (κ2) is 6.76. The Morgan fingerprint density at radius 2 is 2.18 bits per heavy atom. The van der Waals surface area contributed by atoms with Gasteiger partial charge in [-0.3, -0.25) is 9.59 Å². The molecule has 7 nitrogen and oxygen atoms in total. The van der Waals surface area contributed by atoms with Gasteiger partial charge in [-0.2, -0.15) is 4.31 Å². The van der Waals surface area contributed by atoms with Gasteiger partial charge in [-0.05, 0) is 31.9 Å². The van der Waals surface area contributed by atoms with Gasteiger partial charge in [-0.25, -0.2) is 8.42 Å². The molecule has 2 N–H and O–H groups in total. The van der Waals surface area contributed by atoms with E-state index in [1.54, 1.807) is 12.1 Å². The van der Waals surface area contributed by atoms with Crippen LogP contribution in [0.15, 0.2) is 16.3 Å². The number of carboxylic acid groups (broad SMARTS) is 1. The summed E-state index contributed by atoms with van der Waals surface area (Å²) in [5, 5.41) is 10.9. The fourth-order valence-corrected chi connectivity index (χ4v) is 5.32. The third-order valence-electron chi connectivity index (χ3n) is 3.48. The average Bonchev–Trinajstić information content (AvgIpc) is 2.92. The van der Waals surface area contributed by atoms with Gasteiger partial charge in [0.05, 0.1) is 5.92 Å². The predicted octanol–water partition coefficient (Wildman–Crippen LogP) is 0.658. The minimum atomic E-state index is -3.58. The van der Waals surface area contributed by atoms with Crippen molar-refractivity contribution in [2.75, 3.05) is 19.6 Å². The quantitative estimate of drug-likeness (QED) is 0.815. The van der Waals surface area contributed by atoms with Gasteiger partial charge in [-0.15, -0.1) is 11.3 Å². The monoisotopic (exact) mass is 346 g/mol. The number of hydrogen-bond donors (Lipinski definition) is 2. The van der Waals surface area contributed by atoms with Gasteiger partial charge in [0.15, 0.2) is 0 Å². The first-order valence-electron chi connectivity index (χ1n) is 6.87. The topological polar surface area (TPSA) is 104 Å². The number of piperidine rings is 1. The molecule has 1 atom stereocenters. The molecule has 1 aromatic rings. The highest BCUT2D eigenvalue weighted by Gasteiger charge is 2.34. The summed E-state index contributed by atoms with van der Waals surface area (Å²) in [5.41, 5.74) is 0. The van der Waals surface area contributed by atoms with Crippen molar-refractivity contribution in [2.45, 2.75) is 24.0 Å². The molecule has 22 heavy (non-hydrogen) atoms. The maximum Gasteiger partial charge on any atom is 0.322 e. The molecular weight excluding hydrogens is 328 g/mol. The number of amides is 1. The molecule has 1 unspecified atom stereocenters. The Labute approximate surface area is 133 Å². The van der Waals surface area contributed by atoms with Crippen molar-refractivity contribution in [1.82, 2.24) is 9.62 Å².